The van der Waals surface area contributed by atoms with E-state index >= 15 is 0 Å². The Balaban J connectivity index is 1.80. The first-order chi connectivity index (χ1) is 11.8. The van der Waals surface area contributed by atoms with Crippen molar-refractivity contribution in [2.24, 2.45) is 0 Å². The van der Waals surface area contributed by atoms with Crippen molar-refractivity contribution in [1.82, 2.24) is 15.0 Å². The van der Waals surface area contributed by atoms with Crippen LogP contribution in [0.5, 0.6) is 11.5 Å². The highest BCUT2D eigenvalue weighted by Gasteiger charge is 2.14. The van der Waals surface area contributed by atoms with Crippen LogP contribution in [-0.2, 0) is 0 Å². The number of anilines is 2. The van der Waals surface area contributed by atoms with Gasteiger partial charge in [-0.05, 0) is 24.3 Å². The number of pyridine rings is 1. The average molecular weight is 322 g/mol. The van der Waals surface area contributed by atoms with Crippen LogP contribution < -0.4 is 14.8 Å². The summed E-state index contributed by atoms with van der Waals surface area (Å²) < 4.78 is 16.4. The van der Waals surface area contributed by atoms with Gasteiger partial charge in [-0.3, -0.25) is 4.98 Å². The normalized spacial score (nSPS) is 10.9. The molecule has 0 aliphatic rings. The summed E-state index contributed by atoms with van der Waals surface area (Å²) in [5, 5.41) is 3.23. The van der Waals surface area contributed by atoms with Crippen LogP contribution in [0.3, 0.4) is 0 Å². The number of nitrogens with zero attached hydrogens (tertiary/aromatic N) is 3. The van der Waals surface area contributed by atoms with Gasteiger partial charge in [-0.2, -0.15) is 0 Å². The molecule has 0 fully saturated rings. The van der Waals surface area contributed by atoms with Crippen LogP contribution in [0.25, 0.3) is 22.2 Å². The third kappa shape index (κ3) is 2.26. The number of hydrogen-bond donors (Lipinski definition) is 1. The maximum absolute atomic E-state index is 5.85. The van der Waals surface area contributed by atoms with Crippen molar-refractivity contribution in [3.8, 4) is 11.5 Å². The molecule has 1 N–H and O–H groups in total. The quantitative estimate of drug-likeness (QED) is 0.615. The Morgan fingerprint density at radius 1 is 0.958 bits per heavy atom. The summed E-state index contributed by atoms with van der Waals surface area (Å²) in [4.78, 5) is 12.9. The minimum atomic E-state index is 0.556. The summed E-state index contributed by atoms with van der Waals surface area (Å²) in [6.07, 6.45) is 3.19. The highest BCUT2D eigenvalue weighted by atomic mass is 16.5. The molecule has 120 valence electrons. The van der Waals surface area contributed by atoms with Gasteiger partial charge in [0.2, 0.25) is 0 Å². The second-order valence-electron chi connectivity index (χ2n) is 5.05. The molecule has 7 heteroatoms. The number of nitrogens with one attached hydrogen (secondary N) is 1. The Hall–Kier alpha value is -3.35. The van der Waals surface area contributed by atoms with Gasteiger partial charge in [0.15, 0.2) is 28.5 Å². The Morgan fingerprint density at radius 3 is 2.67 bits per heavy atom. The highest BCUT2D eigenvalue weighted by Crippen LogP contribution is 2.33. The summed E-state index contributed by atoms with van der Waals surface area (Å²) in [6, 6.07) is 9.19. The minimum absolute atomic E-state index is 0.556. The maximum atomic E-state index is 5.85. The van der Waals surface area contributed by atoms with Crippen LogP contribution in [0.15, 0.2) is 47.3 Å². The molecule has 0 spiro atoms. The van der Waals surface area contributed by atoms with Crippen molar-refractivity contribution in [1.29, 1.82) is 0 Å². The lowest BCUT2D eigenvalue weighted by Gasteiger charge is -2.10. The number of hydrogen-bond acceptors (Lipinski definition) is 7. The topological polar surface area (TPSA) is 82.3 Å². The van der Waals surface area contributed by atoms with Crippen LogP contribution in [0.1, 0.15) is 0 Å². The summed E-state index contributed by atoms with van der Waals surface area (Å²) in [5.74, 6) is 1.84. The monoisotopic (exact) mass is 322 g/mol. The third-order valence-corrected chi connectivity index (χ3v) is 3.66. The van der Waals surface area contributed by atoms with E-state index in [-0.39, 0.29) is 0 Å². The van der Waals surface area contributed by atoms with Crippen LogP contribution >= 0.6 is 0 Å². The predicted octanol–water partition coefficient (Wildman–Crippen LogP) is 3.53. The average Bonchev–Trinajstić information content (AvgIpc) is 3.01. The number of ether oxygens (including phenoxy) is 2. The lowest BCUT2D eigenvalue weighted by Crippen LogP contribution is -1.97. The zero-order valence-electron chi connectivity index (χ0n) is 13.1. The SMILES string of the molecule is COc1ccc(Nc2ncnc3c2oc2cccnc23)cc1OC. The van der Waals surface area contributed by atoms with Gasteiger partial charge in [0, 0.05) is 18.0 Å². The molecule has 3 aromatic heterocycles. The third-order valence-electron chi connectivity index (χ3n) is 3.66. The van der Waals surface area contributed by atoms with Gasteiger partial charge in [-0.15, -0.1) is 0 Å². The first-order valence-corrected chi connectivity index (χ1v) is 7.27. The fourth-order valence-corrected chi connectivity index (χ4v) is 2.54. The van der Waals surface area contributed by atoms with E-state index in [2.05, 4.69) is 20.3 Å². The molecule has 0 saturated heterocycles. The second kappa shape index (κ2) is 5.69. The molecule has 0 unspecified atom stereocenters. The number of benzene rings is 1. The van der Waals surface area contributed by atoms with E-state index in [1.807, 2.05) is 30.3 Å². The van der Waals surface area contributed by atoms with E-state index in [0.29, 0.717) is 39.5 Å². The molecule has 0 aliphatic carbocycles. The molecule has 0 aliphatic heterocycles. The smallest absolute Gasteiger partial charge is 0.198 e. The van der Waals surface area contributed by atoms with Gasteiger partial charge in [0.05, 0.1) is 14.2 Å². The van der Waals surface area contributed by atoms with E-state index < -0.39 is 0 Å². The molecule has 1 aromatic carbocycles. The van der Waals surface area contributed by atoms with Crippen molar-refractivity contribution in [3.05, 3.63) is 42.9 Å². The zero-order valence-corrected chi connectivity index (χ0v) is 13.1. The standard InChI is InChI=1S/C17H14N4O3/c1-22-11-6-5-10(8-13(11)23-2)21-17-16-15(19-9-20-17)14-12(24-16)4-3-7-18-14/h3-9H,1-2H3,(H,19,20,21). The van der Waals surface area contributed by atoms with Crippen LogP contribution in [0, 0.1) is 0 Å². The highest BCUT2D eigenvalue weighted by molar-refractivity contribution is 6.03. The number of methoxy groups -OCH3 is 2. The summed E-state index contributed by atoms with van der Waals surface area (Å²) in [6.45, 7) is 0. The van der Waals surface area contributed by atoms with Crippen molar-refractivity contribution < 1.29 is 13.9 Å². The molecule has 4 rings (SSSR count). The van der Waals surface area contributed by atoms with E-state index in [0.717, 1.165) is 5.69 Å². The summed E-state index contributed by atoms with van der Waals surface area (Å²) >= 11 is 0. The second-order valence-corrected chi connectivity index (χ2v) is 5.05. The Bertz CT molecular complexity index is 1030. The predicted molar refractivity (Wildman–Crippen MR) is 89.9 cm³/mol. The van der Waals surface area contributed by atoms with E-state index in [1.165, 1.54) is 6.33 Å². The maximum Gasteiger partial charge on any atom is 0.198 e. The first kappa shape index (κ1) is 14.3. The van der Waals surface area contributed by atoms with Crippen molar-refractivity contribution in [2.45, 2.75) is 0 Å². The Kier molecular flexibility index (Phi) is 3.38. The molecule has 0 bridgehead atoms. The van der Waals surface area contributed by atoms with Crippen LogP contribution in [0.2, 0.25) is 0 Å². The molecule has 4 aromatic rings. The van der Waals surface area contributed by atoms with Gasteiger partial charge < -0.3 is 19.2 Å². The van der Waals surface area contributed by atoms with Crippen LogP contribution in [-0.4, -0.2) is 29.2 Å². The number of furan rings is 1. The fraction of sp³-hybridized carbons (Fsp3) is 0.118. The Morgan fingerprint density at radius 2 is 1.83 bits per heavy atom. The molecule has 7 nitrogen and oxygen atoms in total. The summed E-state index contributed by atoms with van der Waals surface area (Å²) in [5.41, 5.74) is 3.40. The molecular weight excluding hydrogens is 308 g/mol. The summed E-state index contributed by atoms with van der Waals surface area (Å²) in [7, 11) is 3.19. The van der Waals surface area contributed by atoms with E-state index in [1.54, 1.807) is 20.4 Å². The molecular formula is C17H14N4O3. The van der Waals surface area contributed by atoms with E-state index in [4.69, 9.17) is 13.9 Å². The molecule has 0 atom stereocenters. The van der Waals surface area contributed by atoms with Crippen LogP contribution in [0.4, 0.5) is 11.5 Å². The fourth-order valence-electron chi connectivity index (χ4n) is 2.54. The van der Waals surface area contributed by atoms with Gasteiger partial charge in [0.25, 0.3) is 0 Å². The van der Waals surface area contributed by atoms with Gasteiger partial charge in [-0.25, -0.2) is 9.97 Å². The minimum Gasteiger partial charge on any atom is -0.493 e. The van der Waals surface area contributed by atoms with E-state index in [9.17, 15) is 0 Å². The lowest BCUT2D eigenvalue weighted by molar-refractivity contribution is 0.355. The Labute approximate surface area is 137 Å². The van der Waals surface area contributed by atoms with Crippen molar-refractivity contribution in [2.75, 3.05) is 19.5 Å². The zero-order chi connectivity index (χ0) is 16.5. The van der Waals surface area contributed by atoms with Crippen molar-refractivity contribution >= 4 is 33.7 Å². The first-order valence-electron chi connectivity index (χ1n) is 7.27. The van der Waals surface area contributed by atoms with Gasteiger partial charge in [0.1, 0.15) is 17.4 Å². The largest absolute Gasteiger partial charge is 0.493 e. The molecule has 0 amide bonds. The number of fused-ring (bicyclic) bond motifs is 3. The molecule has 0 saturated carbocycles. The van der Waals surface area contributed by atoms with Gasteiger partial charge >= 0.3 is 0 Å². The molecule has 24 heavy (non-hydrogen) atoms. The number of rotatable bonds is 4. The van der Waals surface area contributed by atoms with Crippen molar-refractivity contribution in [3.63, 3.8) is 0 Å². The number of aromatic nitrogens is 3. The molecule has 0 radical (unpaired) electrons. The van der Waals surface area contributed by atoms with Gasteiger partial charge in [-0.1, -0.05) is 0 Å². The lowest BCUT2D eigenvalue weighted by atomic mass is 10.2. The molecule has 3 heterocycles.